The molecule has 1 N–H and O–H groups in total. The molecule has 0 fully saturated rings. The molecule has 5 nitrogen and oxygen atoms in total. The highest BCUT2D eigenvalue weighted by molar-refractivity contribution is 5.95. The van der Waals surface area contributed by atoms with E-state index < -0.39 is 5.97 Å². The lowest BCUT2D eigenvalue weighted by molar-refractivity contribution is -0.137. The fourth-order valence-electron chi connectivity index (χ4n) is 3.78. The highest BCUT2D eigenvalue weighted by Crippen LogP contribution is 2.28. The largest absolute Gasteiger partial charge is 0.481 e. The summed E-state index contributed by atoms with van der Waals surface area (Å²) in [6.45, 7) is 0.220. The molecule has 33 heavy (non-hydrogen) atoms. The number of pyridine rings is 1. The Morgan fingerprint density at radius 2 is 1.58 bits per heavy atom. The number of aromatic nitrogens is 1. The van der Waals surface area contributed by atoms with Crippen LogP contribution in [0.4, 0.5) is 0 Å². The zero-order valence-electron chi connectivity index (χ0n) is 18.2. The summed E-state index contributed by atoms with van der Waals surface area (Å²) in [5, 5.41) is 9.79. The van der Waals surface area contributed by atoms with E-state index in [9.17, 15) is 9.59 Å². The van der Waals surface area contributed by atoms with Crippen LogP contribution in [0.25, 0.3) is 22.2 Å². The average molecular weight is 440 g/mol. The summed E-state index contributed by atoms with van der Waals surface area (Å²) in [6.07, 6.45) is 2.22. The number of rotatable bonds is 9. The van der Waals surface area contributed by atoms with Gasteiger partial charge in [-0.1, -0.05) is 60.7 Å². The number of hydrogen-bond acceptors (Lipinski definition) is 4. The monoisotopic (exact) mass is 439 g/mol. The third-order valence-electron chi connectivity index (χ3n) is 5.48. The van der Waals surface area contributed by atoms with Crippen molar-refractivity contribution in [3.63, 3.8) is 0 Å². The summed E-state index contributed by atoms with van der Waals surface area (Å²) < 4.78 is 5.47. The quantitative estimate of drug-likeness (QED) is 0.253. The van der Waals surface area contributed by atoms with Crippen LogP contribution >= 0.6 is 0 Å². The van der Waals surface area contributed by atoms with Gasteiger partial charge < -0.3 is 9.84 Å². The van der Waals surface area contributed by atoms with E-state index >= 15 is 0 Å². The summed E-state index contributed by atoms with van der Waals surface area (Å²) in [5.74, 6) is -1.16. The molecule has 0 amide bonds. The van der Waals surface area contributed by atoms with Crippen molar-refractivity contribution in [2.75, 3.05) is 0 Å². The fraction of sp³-hybridized carbons (Fsp3) is 0.179. The minimum Gasteiger partial charge on any atom is -0.481 e. The molecule has 0 aliphatic heterocycles. The van der Waals surface area contributed by atoms with Gasteiger partial charge in [-0.25, -0.2) is 9.78 Å². The number of esters is 1. The van der Waals surface area contributed by atoms with Gasteiger partial charge in [-0.2, -0.15) is 0 Å². The van der Waals surface area contributed by atoms with Crippen molar-refractivity contribution >= 4 is 22.8 Å². The van der Waals surface area contributed by atoms with E-state index in [4.69, 9.17) is 14.8 Å². The van der Waals surface area contributed by atoms with Gasteiger partial charge in [0.25, 0.3) is 0 Å². The highest BCUT2D eigenvalue weighted by atomic mass is 16.5. The number of ether oxygens (including phenoxy) is 1. The van der Waals surface area contributed by atoms with E-state index in [0.717, 1.165) is 39.7 Å². The van der Waals surface area contributed by atoms with Crippen molar-refractivity contribution in [3.05, 3.63) is 102 Å². The van der Waals surface area contributed by atoms with E-state index in [-0.39, 0.29) is 19.0 Å². The minimum atomic E-state index is -0.784. The molecular weight excluding hydrogens is 414 g/mol. The SMILES string of the molecule is O=C(O)CCCCc1cc2cc(C(=O)OCc3ccccc3)ccc2nc1-c1ccccc1. The molecule has 0 unspecified atom stereocenters. The summed E-state index contributed by atoms with van der Waals surface area (Å²) in [5.41, 5.74) is 5.14. The van der Waals surface area contributed by atoms with Gasteiger partial charge in [0.2, 0.25) is 0 Å². The number of benzene rings is 3. The van der Waals surface area contributed by atoms with Crippen molar-refractivity contribution in [2.45, 2.75) is 32.3 Å². The van der Waals surface area contributed by atoms with Crippen molar-refractivity contribution in [2.24, 2.45) is 0 Å². The van der Waals surface area contributed by atoms with Crippen LogP contribution in [0.2, 0.25) is 0 Å². The minimum absolute atomic E-state index is 0.152. The van der Waals surface area contributed by atoms with E-state index in [0.29, 0.717) is 18.4 Å². The second-order valence-electron chi connectivity index (χ2n) is 7.93. The van der Waals surface area contributed by atoms with Gasteiger partial charge in [0.1, 0.15) is 6.61 Å². The Kier molecular flexibility index (Phi) is 7.10. The maximum atomic E-state index is 12.6. The number of carbonyl (C=O) groups is 2. The molecule has 1 aromatic heterocycles. The Balaban J connectivity index is 1.60. The zero-order chi connectivity index (χ0) is 23.0. The van der Waals surface area contributed by atoms with Gasteiger partial charge in [0.15, 0.2) is 0 Å². The lowest BCUT2D eigenvalue weighted by Crippen LogP contribution is -2.05. The first-order valence-corrected chi connectivity index (χ1v) is 11.0. The second-order valence-corrected chi connectivity index (χ2v) is 7.93. The summed E-state index contributed by atoms with van der Waals surface area (Å²) in [6, 6.07) is 27.0. The molecule has 0 saturated heterocycles. The van der Waals surface area contributed by atoms with Crippen LogP contribution in [0.1, 0.15) is 40.7 Å². The Bertz CT molecular complexity index is 1250. The Morgan fingerprint density at radius 3 is 2.30 bits per heavy atom. The van der Waals surface area contributed by atoms with Crippen molar-refractivity contribution in [3.8, 4) is 11.3 Å². The first-order valence-electron chi connectivity index (χ1n) is 11.0. The third kappa shape index (κ3) is 5.83. The molecule has 4 aromatic rings. The maximum Gasteiger partial charge on any atom is 0.338 e. The molecule has 0 radical (unpaired) electrons. The maximum absolute atomic E-state index is 12.6. The van der Waals surface area contributed by atoms with E-state index in [1.54, 1.807) is 6.07 Å². The molecule has 0 atom stereocenters. The Hall–Kier alpha value is -3.99. The number of hydrogen-bond donors (Lipinski definition) is 1. The number of aryl methyl sites for hydroxylation is 1. The zero-order valence-corrected chi connectivity index (χ0v) is 18.2. The molecule has 0 saturated carbocycles. The highest BCUT2D eigenvalue weighted by Gasteiger charge is 2.13. The lowest BCUT2D eigenvalue weighted by atomic mass is 9.98. The topological polar surface area (TPSA) is 76.5 Å². The molecule has 0 bridgehead atoms. The third-order valence-corrected chi connectivity index (χ3v) is 5.48. The number of carboxylic acids is 1. The van der Waals surface area contributed by atoms with Crippen LogP contribution in [0, 0.1) is 0 Å². The molecule has 0 aliphatic carbocycles. The fourth-order valence-corrected chi connectivity index (χ4v) is 3.78. The number of unbranched alkanes of at least 4 members (excludes halogenated alkanes) is 1. The lowest BCUT2D eigenvalue weighted by Gasteiger charge is -2.12. The van der Waals surface area contributed by atoms with Gasteiger partial charge in [0.05, 0.1) is 16.8 Å². The number of aliphatic carboxylic acids is 1. The predicted molar refractivity (Wildman–Crippen MR) is 128 cm³/mol. The molecule has 166 valence electrons. The first kappa shape index (κ1) is 22.2. The number of carbonyl (C=O) groups excluding carboxylic acids is 1. The summed E-state index contributed by atoms with van der Waals surface area (Å²) in [7, 11) is 0. The van der Waals surface area contributed by atoms with Gasteiger partial charge in [-0.3, -0.25) is 4.79 Å². The number of fused-ring (bicyclic) bond motifs is 1. The second kappa shape index (κ2) is 10.6. The van der Waals surface area contributed by atoms with Gasteiger partial charge in [0, 0.05) is 17.4 Å². The molecule has 5 heteroatoms. The van der Waals surface area contributed by atoms with Crippen molar-refractivity contribution < 1.29 is 19.4 Å². The van der Waals surface area contributed by atoms with Crippen molar-refractivity contribution in [1.82, 2.24) is 4.98 Å². The van der Waals surface area contributed by atoms with Crippen LogP contribution in [0.5, 0.6) is 0 Å². The van der Waals surface area contributed by atoms with Crippen LogP contribution in [-0.4, -0.2) is 22.0 Å². The number of nitrogens with zero attached hydrogens (tertiary/aromatic N) is 1. The van der Waals surface area contributed by atoms with Crippen LogP contribution in [0.15, 0.2) is 84.9 Å². The molecule has 0 aliphatic rings. The van der Waals surface area contributed by atoms with Crippen LogP contribution < -0.4 is 0 Å². The van der Waals surface area contributed by atoms with E-state index in [1.807, 2.05) is 72.8 Å². The molecular formula is C28H25NO4. The standard InChI is InChI=1S/C28H25NO4/c30-26(31)14-8-7-13-22-17-24-18-23(28(32)33-19-20-9-3-1-4-10-20)15-16-25(24)29-27(22)21-11-5-2-6-12-21/h1-6,9-12,15-18H,7-8,13-14,19H2,(H,30,31). The predicted octanol–water partition coefficient (Wildman–Crippen LogP) is 6.06. The van der Waals surface area contributed by atoms with E-state index in [1.165, 1.54) is 0 Å². The molecule has 0 spiro atoms. The smallest absolute Gasteiger partial charge is 0.338 e. The summed E-state index contributed by atoms with van der Waals surface area (Å²) in [4.78, 5) is 28.4. The Labute approximate surface area is 192 Å². The molecule has 4 rings (SSSR count). The van der Waals surface area contributed by atoms with Gasteiger partial charge >= 0.3 is 11.9 Å². The number of carboxylic acid groups (broad SMARTS) is 1. The normalized spacial score (nSPS) is 10.8. The van der Waals surface area contributed by atoms with E-state index in [2.05, 4.69) is 6.07 Å². The van der Waals surface area contributed by atoms with Crippen molar-refractivity contribution in [1.29, 1.82) is 0 Å². The van der Waals surface area contributed by atoms with Gasteiger partial charge in [-0.05, 0) is 54.7 Å². The van der Waals surface area contributed by atoms with Crippen LogP contribution in [0.3, 0.4) is 0 Å². The first-order chi connectivity index (χ1) is 16.1. The molecule has 1 heterocycles. The average Bonchev–Trinajstić information content (AvgIpc) is 2.85. The van der Waals surface area contributed by atoms with Gasteiger partial charge in [-0.15, -0.1) is 0 Å². The summed E-state index contributed by atoms with van der Waals surface area (Å²) >= 11 is 0. The molecule has 3 aromatic carbocycles. The Morgan fingerprint density at radius 1 is 0.848 bits per heavy atom. The van der Waals surface area contributed by atoms with Crippen LogP contribution in [-0.2, 0) is 22.6 Å².